The Morgan fingerprint density at radius 1 is 1.28 bits per heavy atom. The molecule has 2 N–H and O–H groups in total. The molecule has 0 aromatic heterocycles. The maximum atomic E-state index is 11.6. The lowest BCUT2D eigenvalue weighted by Crippen LogP contribution is -2.48. The summed E-state index contributed by atoms with van der Waals surface area (Å²) in [6, 6.07) is 0.0135. The molecule has 0 aliphatic carbocycles. The zero-order chi connectivity index (χ0) is 13.5. The van der Waals surface area contributed by atoms with Gasteiger partial charge in [-0.2, -0.15) is 0 Å². The highest BCUT2D eigenvalue weighted by molar-refractivity contribution is 5.80. The van der Waals surface area contributed by atoms with Gasteiger partial charge in [-0.3, -0.25) is 9.69 Å². The molecule has 0 bridgehead atoms. The van der Waals surface area contributed by atoms with Crippen LogP contribution in [-0.2, 0) is 4.79 Å². The number of hydrogen-bond donors (Lipinski definition) is 2. The van der Waals surface area contributed by atoms with Gasteiger partial charge in [0, 0.05) is 7.05 Å². The fraction of sp³-hybridized carbons (Fsp3) is 0.929. The number of hydrogen-bond acceptors (Lipinski definition) is 3. The summed E-state index contributed by atoms with van der Waals surface area (Å²) in [5.74, 6) is 1.63. The monoisotopic (exact) mass is 255 g/mol. The Labute approximate surface area is 111 Å². The van der Waals surface area contributed by atoms with E-state index in [4.69, 9.17) is 0 Å². The molecule has 0 aromatic rings. The van der Waals surface area contributed by atoms with Gasteiger partial charge in [-0.15, -0.1) is 0 Å². The minimum absolute atomic E-state index is 0.0135. The van der Waals surface area contributed by atoms with Crippen LogP contribution in [-0.4, -0.2) is 50.1 Å². The molecule has 1 aliphatic heterocycles. The number of carbonyl (C=O) groups excluding carboxylic acids is 1. The molecule has 0 radical (unpaired) electrons. The van der Waals surface area contributed by atoms with Crippen molar-refractivity contribution in [2.24, 2.45) is 11.8 Å². The van der Waals surface area contributed by atoms with Crippen molar-refractivity contribution in [3.05, 3.63) is 0 Å². The van der Waals surface area contributed by atoms with Crippen LogP contribution in [0.15, 0.2) is 0 Å². The lowest BCUT2D eigenvalue weighted by atomic mass is 9.95. The van der Waals surface area contributed by atoms with Crippen LogP contribution in [0.3, 0.4) is 0 Å². The summed E-state index contributed by atoms with van der Waals surface area (Å²) < 4.78 is 0. The first-order chi connectivity index (χ1) is 8.54. The van der Waals surface area contributed by atoms with E-state index in [1.807, 2.05) is 6.92 Å². The zero-order valence-electron chi connectivity index (χ0n) is 12.3. The summed E-state index contributed by atoms with van der Waals surface area (Å²) in [4.78, 5) is 13.9. The van der Waals surface area contributed by atoms with E-state index < -0.39 is 0 Å². The van der Waals surface area contributed by atoms with E-state index in [1.54, 1.807) is 7.05 Å². The summed E-state index contributed by atoms with van der Waals surface area (Å²) in [5.41, 5.74) is 0. The molecule has 0 saturated carbocycles. The van der Waals surface area contributed by atoms with Gasteiger partial charge in [0.15, 0.2) is 0 Å². The van der Waals surface area contributed by atoms with E-state index in [1.165, 1.54) is 12.8 Å². The minimum atomic E-state index is 0.0135. The van der Waals surface area contributed by atoms with Crippen LogP contribution >= 0.6 is 0 Å². The number of carbonyl (C=O) groups is 1. The molecule has 0 aromatic carbocycles. The molecule has 1 atom stereocenters. The highest BCUT2D eigenvalue weighted by Crippen LogP contribution is 2.18. The lowest BCUT2D eigenvalue weighted by Gasteiger charge is -2.35. The third-order valence-electron chi connectivity index (χ3n) is 3.81. The molecule has 4 heteroatoms. The van der Waals surface area contributed by atoms with Gasteiger partial charge in [0.1, 0.15) is 0 Å². The predicted molar refractivity (Wildman–Crippen MR) is 75.5 cm³/mol. The second-order valence-electron chi connectivity index (χ2n) is 5.82. The lowest BCUT2D eigenvalue weighted by molar-refractivity contribution is -0.125. The van der Waals surface area contributed by atoms with Crippen LogP contribution in [0.2, 0.25) is 0 Å². The number of nitrogens with zero attached hydrogens (tertiary/aromatic N) is 1. The second-order valence-corrected chi connectivity index (χ2v) is 5.82. The molecule has 106 valence electrons. The maximum absolute atomic E-state index is 11.6. The first-order valence-electron chi connectivity index (χ1n) is 7.21. The Kier molecular flexibility index (Phi) is 6.65. The molecule has 1 rings (SSSR count). The third kappa shape index (κ3) is 4.94. The van der Waals surface area contributed by atoms with Crippen molar-refractivity contribution in [3.8, 4) is 0 Å². The van der Waals surface area contributed by atoms with E-state index in [0.717, 1.165) is 38.0 Å². The van der Waals surface area contributed by atoms with Crippen molar-refractivity contribution >= 4 is 5.91 Å². The Morgan fingerprint density at radius 2 is 1.89 bits per heavy atom. The number of piperidine rings is 1. The highest BCUT2D eigenvalue weighted by Gasteiger charge is 2.25. The average Bonchev–Trinajstić information content (AvgIpc) is 2.37. The SMILES string of the molecule is CNC(=O)C(C)N1CCC(CNCC(C)C)CC1. The summed E-state index contributed by atoms with van der Waals surface area (Å²) in [6.45, 7) is 10.8. The van der Waals surface area contributed by atoms with Crippen LogP contribution < -0.4 is 10.6 Å². The summed E-state index contributed by atoms with van der Waals surface area (Å²) >= 11 is 0. The van der Waals surface area contributed by atoms with Crippen LogP contribution in [0.1, 0.15) is 33.6 Å². The fourth-order valence-electron chi connectivity index (χ4n) is 2.50. The van der Waals surface area contributed by atoms with Crippen molar-refractivity contribution in [2.45, 2.75) is 39.7 Å². The van der Waals surface area contributed by atoms with Gasteiger partial charge >= 0.3 is 0 Å². The van der Waals surface area contributed by atoms with Crippen molar-refractivity contribution in [3.63, 3.8) is 0 Å². The molecule has 18 heavy (non-hydrogen) atoms. The molecule has 1 unspecified atom stereocenters. The molecule has 1 amide bonds. The maximum Gasteiger partial charge on any atom is 0.236 e. The van der Waals surface area contributed by atoms with Gasteiger partial charge in [0.2, 0.25) is 5.91 Å². The Hall–Kier alpha value is -0.610. The van der Waals surface area contributed by atoms with Crippen LogP contribution in [0.25, 0.3) is 0 Å². The van der Waals surface area contributed by atoms with E-state index in [9.17, 15) is 4.79 Å². The van der Waals surface area contributed by atoms with Crippen LogP contribution in [0.5, 0.6) is 0 Å². The smallest absolute Gasteiger partial charge is 0.236 e. The third-order valence-corrected chi connectivity index (χ3v) is 3.81. The largest absolute Gasteiger partial charge is 0.358 e. The van der Waals surface area contributed by atoms with E-state index in [-0.39, 0.29) is 11.9 Å². The molecular formula is C14H29N3O. The fourth-order valence-corrected chi connectivity index (χ4v) is 2.50. The second kappa shape index (κ2) is 7.74. The van der Waals surface area contributed by atoms with Gasteiger partial charge < -0.3 is 10.6 Å². The van der Waals surface area contributed by atoms with Gasteiger partial charge in [0.05, 0.1) is 6.04 Å². The van der Waals surface area contributed by atoms with E-state index >= 15 is 0 Å². The van der Waals surface area contributed by atoms with Gasteiger partial charge in [0.25, 0.3) is 0 Å². The van der Waals surface area contributed by atoms with Crippen molar-refractivity contribution in [1.29, 1.82) is 0 Å². The standard InChI is InChI=1S/C14H29N3O/c1-11(2)9-16-10-13-5-7-17(8-6-13)12(3)14(18)15-4/h11-13,16H,5-10H2,1-4H3,(H,15,18). The van der Waals surface area contributed by atoms with E-state index in [2.05, 4.69) is 29.4 Å². The Morgan fingerprint density at radius 3 is 2.39 bits per heavy atom. The Bertz CT molecular complexity index is 247. The Balaban J connectivity index is 2.22. The first kappa shape index (κ1) is 15.4. The molecular weight excluding hydrogens is 226 g/mol. The summed E-state index contributed by atoms with van der Waals surface area (Å²) in [5, 5.41) is 6.26. The molecule has 0 spiro atoms. The van der Waals surface area contributed by atoms with Gasteiger partial charge in [-0.05, 0) is 57.8 Å². The van der Waals surface area contributed by atoms with Crippen molar-refractivity contribution in [1.82, 2.24) is 15.5 Å². The predicted octanol–water partition coefficient (Wildman–Crippen LogP) is 1.08. The normalized spacial score (nSPS) is 20.1. The minimum Gasteiger partial charge on any atom is -0.358 e. The highest BCUT2D eigenvalue weighted by atomic mass is 16.2. The molecule has 1 aliphatic rings. The molecule has 1 fully saturated rings. The molecule has 4 nitrogen and oxygen atoms in total. The van der Waals surface area contributed by atoms with Gasteiger partial charge in [-0.1, -0.05) is 13.8 Å². The van der Waals surface area contributed by atoms with Gasteiger partial charge in [-0.25, -0.2) is 0 Å². The van der Waals surface area contributed by atoms with Crippen molar-refractivity contribution < 1.29 is 4.79 Å². The summed E-state index contributed by atoms with van der Waals surface area (Å²) in [6.07, 6.45) is 2.40. The van der Waals surface area contributed by atoms with Crippen LogP contribution in [0.4, 0.5) is 0 Å². The van der Waals surface area contributed by atoms with Crippen molar-refractivity contribution in [2.75, 3.05) is 33.2 Å². The zero-order valence-corrected chi connectivity index (χ0v) is 12.3. The number of rotatable bonds is 6. The molecule has 1 heterocycles. The van der Waals surface area contributed by atoms with E-state index in [0.29, 0.717) is 0 Å². The topological polar surface area (TPSA) is 44.4 Å². The molecule has 1 saturated heterocycles. The first-order valence-corrected chi connectivity index (χ1v) is 7.21. The number of nitrogens with one attached hydrogen (secondary N) is 2. The summed E-state index contributed by atoms with van der Waals surface area (Å²) in [7, 11) is 1.71. The average molecular weight is 255 g/mol. The number of likely N-dealkylation sites (N-methyl/N-ethyl adjacent to an activating group) is 1. The number of amides is 1. The quantitative estimate of drug-likeness (QED) is 0.746. The van der Waals surface area contributed by atoms with Crippen LogP contribution in [0, 0.1) is 11.8 Å². The number of likely N-dealkylation sites (tertiary alicyclic amines) is 1.